The van der Waals surface area contributed by atoms with E-state index in [-0.39, 0.29) is 0 Å². The van der Waals surface area contributed by atoms with Crippen LogP contribution >= 0.6 is 0 Å². The predicted molar refractivity (Wildman–Crippen MR) is 100 cm³/mol. The van der Waals surface area contributed by atoms with E-state index in [0.29, 0.717) is 12.0 Å². The molecule has 0 spiro atoms. The molecule has 4 aromatic rings. The van der Waals surface area contributed by atoms with Crippen molar-refractivity contribution >= 4 is 10.8 Å². The molecule has 0 bridgehead atoms. The maximum Gasteiger partial charge on any atom is 0.0951 e. The molecule has 0 radical (unpaired) electrons. The van der Waals surface area contributed by atoms with Crippen molar-refractivity contribution in [1.29, 1.82) is 0 Å². The van der Waals surface area contributed by atoms with Gasteiger partial charge in [-0.15, -0.1) is 0 Å². The van der Waals surface area contributed by atoms with E-state index in [1.807, 2.05) is 18.7 Å². The van der Waals surface area contributed by atoms with Crippen molar-refractivity contribution in [1.82, 2.24) is 14.5 Å². The molecule has 3 heteroatoms. The molecule has 3 nitrogen and oxygen atoms in total. The number of benzene rings is 2. The molecule has 1 fully saturated rings. The number of hydrogen-bond donors (Lipinski definition) is 0. The molecule has 2 aromatic carbocycles. The highest BCUT2D eigenvalue weighted by molar-refractivity contribution is 5.95. The minimum atomic E-state index is 0.358. The van der Waals surface area contributed by atoms with Crippen LogP contribution in [-0.2, 0) is 0 Å². The highest BCUT2D eigenvalue weighted by Gasteiger charge is 2.33. The summed E-state index contributed by atoms with van der Waals surface area (Å²) < 4.78 is 2.21. The Morgan fingerprint density at radius 1 is 0.960 bits per heavy atom. The average molecular weight is 325 g/mol. The summed E-state index contributed by atoms with van der Waals surface area (Å²) in [6, 6.07) is 19.6. The number of imidazole rings is 1. The van der Waals surface area contributed by atoms with E-state index >= 15 is 0 Å². The third-order valence-electron chi connectivity index (χ3n) is 5.11. The van der Waals surface area contributed by atoms with Crippen molar-refractivity contribution in [2.45, 2.75) is 18.9 Å². The Bertz CT molecular complexity index is 994. The van der Waals surface area contributed by atoms with E-state index in [9.17, 15) is 0 Å². The van der Waals surface area contributed by atoms with E-state index in [4.69, 9.17) is 4.98 Å². The van der Waals surface area contributed by atoms with Crippen LogP contribution in [0.25, 0.3) is 22.0 Å². The van der Waals surface area contributed by atoms with Gasteiger partial charge in [0.25, 0.3) is 0 Å². The van der Waals surface area contributed by atoms with Crippen molar-refractivity contribution in [3.8, 4) is 11.3 Å². The van der Waals surface area contributed by atoms with Crippen LogP contribution in [0.5, 0.6) is 0 Å². The zero-order chi connectivity index (χ0) is 16.6. The highest BCUT2D eigenvalue weighted by atomic mass is 15.1. The molecular formula is C22H19N3. The molecule has 5 rings (SSSR count). The Hall–Kier alpha value is -2.94. The van der Waals surface area contributed by atoms with Gasteiger partial charge in [0.2, 0.25) is 0 Å². The van der Waals surface area contributed by atoms with Crippen molar-refractivity contribution in [3.05, 3.63) is 85.1 Å². The third-order valence-corrected chi connectivity index (χ3v) is 5.11. The molecule has 1 aliphatic carbocycles. The number of fused-ring (bicyclic) bond motifs is 1. The Morgan fingerprint density at radius 2 is 1.84 bits per heavy atom. The van der Waals surface area contributed by atoms with Gasteiger partial charge in [0, 0.05) is 24.2 Å². The molecule has 1 aliphatic rings. The van der Waals surface area contributed by atoms with Gasteiger partial charge in [-0.2, -0.15) is 0 Å². The first-order valence-electron chi connectivity index (χ1n) is 8.82. The second-order valence-electron chi connectivity index (χ2n) is 6.80. The summed E-state index contributed by atoms with van der Waals surface area (Å²) in [5.74, 6) is 0.708. The fourth-order valence-corrected chi connectivity index (χ4v) is 3.72. The first-order valence-corrected chi connectivity index (χ1v) is 8.82. The minimum Gasteiger partial charge on any atom is -0.330 e. The standard InChI is InChI=1S/C22H19N3/c1-2-6-19-16(4-1)5-3-7-20(19)21-11-10-18(14-24-21)22(17-8-9-17)25-13-12-23-15-25/h1-7,10-15,17,22H,8-9H2. The maximum absolute atomic E-state index is 4.81. The maximum atomic E-state index is 4.81. The summed E-state index contributed by atoms with van der Waals surface area (Å²) in [7, 11) is 0. The third kappa shape index (κ3) is 2.62. The van der Waals surface area contributed by atoms with Crippen molar-refractivity contribution < 1.29 is 0 Å². The first-order chi connectivity index (χ1) is 12.4. The number of aromatic nitrogens is 3. The van der Waals surface area contributed by atoms with Gasteiger partial charge in [0.15, 0.2) is 0 Å². The second kappa shape index (κ2) is 5.85. The number of pyridine rings is 1. The van der Waals surface area contributed by atoms with Gasteiger partial charge in [0.05, 0.1) is 18.1 Å². The molecule has 0 saturated heterocycles. The van der Waals surface area contributed by atoms with Crippen molar-refractivity contribution in [2.75, 3.05) is 0 Å². The van der Waals surface area contributed by atoms with Crippen molar-refractivity contribution in [3.63, 3.8) is 0 Å². The largest absolute Gasteiger partial charge is 0.330 e. The van der Waals surface area contributed by atoms with Crippen LogP contribution in [0.4, 0.5) is 0 Å². The van der Waals surface area contributed by atoms with Crippen LogP contribution in [0.15, 0.2) is 79.5 Å². The quantitative estimate of drug-likeness (QED) is 0.523. The zero-order valence-electron chi connectivity index (χ0n) is 13.9. The van der Waals surface area contributed by atoms with Gasteiger partial charge >= 0.3 is 0 Å². The predicted octanol–water partition coefficient (Wildman–Crippen LogP) is 5.10. The van der Waals surface area contributed by atoms with Gasteiger partial charge < -0.3 is 4.57 Å². The number of rotatable bonds is 4. The van der Waals surface area contributed by atoms with Crippen LogP contribution in [0, 0.1) is 5.92 Å². The van der Waals surface area contributed by atoms with Gasteiger partial charge in [-0.3, -0.25) is 4.98 Å². The lowest BCUT2D eigenvalue weighted by atomic mass is 9.99. The van der Waals surface area contributed by atoms with Gasteiger partial charge in [-0.1, -0.05) is 48.5 Å². The molecule has 0 N–H and O–H groups in total. The van der Waals surface area contributed by atoms with Gasteiger partial charge in [-0.25, -0.2) is 4.98 Å². The van der Waals surface area contributed by atoms with E-state index in [1.54, 1.807) is 0 Å². The highest BCUT2D eigenvalue weighted by Crippen LogP contribution is 2.43. The molecule has 2 aromatic heterocycles. The monoisotopic (exact) mass is 325 g/mol. The Balaban J connectivity index is 1.55. The minimum absolute atomic E-state index is 0.358. The summed E-state index contributed by atoms with van der Waals surface area (Å²) >= 11 is 0. The van der Waals surface area contributed by atoms with E-state index in [1.165, 1.54) is 34.7 Å². The van der Waals surface area contributed by atoms with E-state index in [2.05, 4.69) is 70.3 Å². The SMILES string of the molecule is c1ccc2c(-c3ccc(C(C4CC4)n4ccnc4)cn3)cccc2c1. The van der Waals surface area contributed by atoms with E-state index < -0.39 is 0 Å². The van der Waals surface area contributed by atoms with Gasteiger partial charge in [0.1, 0.15) is 0 Å². The molecule has 1 unspecified atom stereocenters. The van der Waals surface area contributed by atoms with Crippen LogP contribution < -0.4 is 0 Å². The van der Waals surface area contributed by atoms with Crippen LogP contribution in [-0.4, -0.2) is 14.5 Å². The first kappa shape index (κ1) is 14.4. The fourth-order valence-electron chi connectivity index (χ4n) is 3.72. The summed E-state index contributed by atoms with van der Waals surface area (Å²) in [5, 5.41) is 2.50. The fraction of sp³-hybridized carbons (Fsp3) is 0.182. The normalized spacial score (nSPS) is 15.4. The second-order valence-corrected chi connectivity index (χ2v) is 6.80. The molecule has 1 saturated carbocycles. The Labute approximate surface area is 147 Å². The topological polar surface area (TPSA) is 30.7 Å². The van der Waals surface area contributed by atoms with Crippen LogP contribution in [0.3, 0.4) is 0 Å². The van der Waals surface area contributed by atoms with Crippen LogP contribution in [0.2, 0.25) is 0 Å². The summed E-state index contributed by atoms with van der Waals surface area (Å²) in [6.07, 6.45) is 10.4. The summed E-state index contributed by atoms with van der Waals surface area (Å²) in [6.45, 7) is 0. The van der Waals surface area contributed by atoms with Crippen molar-refractivity contribution in [2.24, 2.45) is 5.92 Å². The molecule has 25 heavy (non-hydrogen) atoms. The summed E-state index contributed by atoms with van der Waals surface area (Å²) in [5.41, 5.74) is 3.49. The lowest BCUT2D eigenvalue weighted by Gasteiger charge is -2.18. The lowest BCUT2D eigenvalue weighted by molar-refractivity contribution is 0.518. The molecular weight excluding hydrogens is 306 g/mol. The molecule has 122 valence electrons. The van der Waals surface area contributed by atoms with Gasteiger partial charge in [-0.05, 0) is 41.2 Å². The Morgan fingerprint density at radius 3 is 2.60 bits per heavy atom. The molecule has 2 heterocycles. The molecule has 1 atom stereocenters. The molecule has 0 aliphatic heterocycles. The average Bonchev–Trinajstić information content (AvgIpc) is 3.36. The van der Waals surface area contributed by atoms with Crippen LogP contribution in [0.1, 0.15) is 24.4 Å². The smallest absolute Gasteiger partial charge is 0.0951 e. The number of hydrogen-bond acceptors (Lipinski definition) is 2. The Kier molecular flexibility index (Phi) is 3.37. The van der Waals surface area contributed by atoms with E-state index in [0.717, 1.165) is 5.69 Å². The lowest BCUT2D eigenvalue weighted by Crippen LogP contribution is -2.11. The zero-order valence-corrected chi connectivity index (χ0v) is 13.9. The summed E-state index contributed by atoms with van der Waals surface area (Å²) in [4.78, 5) is 9.03. The molecule has 0 amide bonds. The number of nitrogens with zero attached hydrogens (tertiary/aromatic N) is 3.